The molecule has 0 spiro atoms. The molecule has 0 unspecified atom stereocenters. The molecule has 3 rings (SSSR count). The predicted octanol–water partition coefficient (Wildman–Crippen LogP) is 4.17. The lowest BCUT2D eigenvalue weighted by Crippen LogP contribution is -2.05. The largest absolute Gasteiger partial charge is 0.368 e. The second kappa shape index (κ2) is 6.17. The minimum Gasteiger partial charge on any atom is -0.368 e. The van der Waals surface area contributed by atoms with Crippen LogP contribution in [0.25, 0.3) is 11.4 Å². The molecule has 0 radical (unpaired) electrons. The maximum atomic E-state index is 6.13. The topological polar surface area (TPSA) is 76.7 Å². The van der Waals surface area contributed by atoms with Gasteiger partial charge in [0.2, 0.25) is 11.9 Å². The number of nitrogens with zero attached hydrogens (tertiary/aromatic N) is 3. The molecule has 0 aliphatic heterocycles. The highest BCUT2D eigenvalue weighted by molar-refractivity contribution is 6.36. The Bertz CT molecular complexity index is 808. The first-order valence-electron chi connectivity index (χ1n) is 6.41. The van der Waals surface area contributed by atoms with Crippen molar-refractivity contribution < 1.29 is 0 Å². The Labute approximate surface area is 137 Å². The van der Waals surface area contributed by atoms with Gasteiger partial charge in [0, 0.05) is 10.6 Å². The zero-order chi connectivity index (χ0) is 15.5. The highest BCUT2D eigenvalue weighted by Crippen LogP contribution is 2.27. The van der Waals surface area contributed by atoms with Gasteiger partial charge in [-0.1, -0.05) is 53.5 Å². The van der Waals surface area contributed by atoms with Crippen LogP contribution in [0.4, 0.5) is 17.6 Å². The molecule has 0 bridgehead atoms. The van der Waals surface area contributed by atoms with Gasteiger partial charge < -0.3 is 11.1 Å². The molecule has 1 aromatic heterocycles. The fourth-order valence-electron chi connectivity index (χ4n) is 1.88. The SMILES string of the molecule is Nc1nc(Nc2ccc(Cl)cc2Cl)nc(-c2ccccc2)n1. The molecule has 0 amide bonds. The van der Waals surface area contributed by atoms with E-state index in [0.29, 0.717) is 27.5 Å². The van der Waals surface area contributed by atoms with Gasteiger partial charge in [-0.15, -0.1) is 0 Å². The molecule has 1 heterocycles. The van der Waals surface area contributed by atoms with Crippen molar-refractivity contribution in [3.05, 3.63) is 58.6 Å². The molecule has 5 nitrogen and oxygen atoms in total. The summed E-state index contributed by atoms with van der Waals surface area (Å²) < 4.78 is 0. The van der Waals surface area contributed by atoms with Crippen molar-refractivity contribution in [2.45, 2.75) is 0 Å². The Hall–Kier alpha value is -2.37. The van der Waals surface area contributed by atoms with Crippen molar-refractivity contribution in [2.24, 2.45) is 0 Å². The molecule has 22 heavy (non-hydrogen) atoms. The second-order valence-electron chi connectivity index (χ2n) is 4.46. The van der Waals surface area contributed by atoms with Crippen molar-refractivity contribution in [1.82, 2.24) is 15.0 Å². The molecule has 3 aromatic rings. The number of nitrogen functional groups attached to an aromatic ring is 1. The quantitative estimate of drug-likeness (QED) is 0.753. The molecule has 0 atom stereocenters. The molecule has 7 heteroatoms. The second-order valence-corrected chi connectivity index (χ2v) is 5.30. The van der Waals surface area contributed by atoms with E-state index in [4.69, 9.17) is 28.9 Å². The molecule has 3 N–H and O–H groups in total. The van der Waals surface area contributed by atoms with Gasteiger partial charge in [-0.2, -0.15) is 15.0 Å². The summed E-state index contributed by atoms with van der Waals surface area (Å²) in [5, 5.41) is 4.03. The van der Waals surface area contributed by atoms with Gasteiger partial charge in [0.15, 0.2) is 5.82 Å². The number of nitrogens with two attached hydrogens (primary N) is 1. The molecular weight excluding hydrogens is 321 g/mol. The molecule has 0 saturated heterocycles. The van der Waals surface area contributed by atoms with E-state index in [1.54, 1.807) is 18.2 Å². The van der Waals surface area contributed by atoms with E-state index in [2.05, 4.69) is 20.3 Å². The summed E-state index contributed by atoms with van der Waals surface area (Å²) in [5.41, 5.74) is 7.24. The lowest BCUT2D eigenvalue weighted by molar-refractivity contribution is 1.08. The van der Waals surface area contributed by atoms with E-state index < -0.39 is 0 Å². The van der Waals surface area contributed by atoms with Gasteiger partial charge in [-0.25, -0.2) is 0 Å². The van der Waals surface area contributed by atoms with Crippen LogP contribution in [-0.4, -0.2) is 15.0 Å². The lowest BCUT2D eigenvalue weighted by atomic mass is 10.2. The molecule has 110 valence electrons. The van der Waals surface area contributed by atoms with Gasteiger partial charge >= 0.3 is 0 Å². The number of halogens is 2. The third-order valence-electron chi connectivity index (χ3n) is 2.86. The number of nitrogens with one attached hydrogen (secondary N) is 1. The Morgan fingerprint density at radius 2 is 1.68 bits per heavy atom. The van der Waals surface area contributed by atoms with Gasteiger partial charge in [-0.05, 0) is 18.2 Å². The minimum atomic E-state index is 0.126. The highest BCUT2D eigenvalue weighted by atomic mass is 35.5. The lowest BCUT2D eigenvalue weighted by Gasteiger charge is -2.09. The molecule has 0 saturated carbocycles. The first-order valence-corrected chi connectivity index (χ1v) is 7.16. The molecule has 2 aromatic carbocycles. The molecule has 0 aliphatic rings. The first kappa shape index (κ1) is 14.6. The highest BCUT2D eigenvalue weighted by Gasteiger charge is 2.08. The average molecular weight is 332 g/mol. The monoisotopic (exact) mass is 331 g/mol. The van der Waals surface area contributed by atoms with Crippen LogP contribution in [0.2, 0.25) is 10.0 Å². The van der Waals surface area contributed by atoms with Crippen molar-refractivity contribution in [2.75, 3.05) is 11.1 Å². The third kappa shape index (κ3) is 3.27. The number of hydrogen-bond donors (Lipinski definition) is 2. The average Bonchev–Trinajstić information content (AvgIpc) is 2.50. The summed E-state index contributed by atoms with van der Waals surface area (Å²) in [6.45, 7) is 0. The Morgan fingerprint density at radius 3 is 2.41 bits per heavy atom. The fourth-order valence-corrected chi connectivity index (χ4v) is 2.33. The third-order valence-corrected chi connectivity index (χ3v) is 3.41. The van der Waals surface area contributed by atoms with Crippen LogP contribution >= 0.6 is 23.2 Å². The maximum absolute atomic E-state index is 6.13. The molecular formula is C15H11Cl2N5. The summed E-state index contributed by atoms with van der Waals surface area (Å²) in [6, 6.07) is 14.6. The van der Waals surface area contributed by atoms with Crippen LogP contribution in [0.5, 0.6) is 0 Å². The fraction of sp³-hybridized carbons (Fsp3) is 0. The van der Waals surface area contributed by atoms with Gasteiger partial charge in [0.1, 0.15) is 0 Å². The van der Waals surface area contributed by atoms with Crippen molar-refractivity contribution in [3.8, 4) is 11.4 Å². The standard InChI is InChI=1S/C15H11Cl2N5/c16-10-6-7-12(11(17)8-10)19-15-21-13(20-14(18)22-15)9-4-2-1-3-5-9/h1-8H,(H3,18,19,20,21,22). The smallest absolute Gasteiger partial charge is 0.232 e. The normalized spacial score (nSPS) is 10.5. The van der Waals surface area contributed by atoms with Gasteiger partial charge in [0.25, 0.3) is 0 Å². The van der Waals surface area contributed by atoms with Gasteiger partial charge in [0.05, 0.1) is 10.7 Å². The summed E-state index contributed by atoms with van der Waals surface area (Å²) in [6.07, 6.45) is 0. The van der Waals surface area contributed by atoms with Crippen molar-refractivity contribution >= 4 is 40.8 Å². The van der Waals surface area contributed by atoms with E-state index in [-0.39, 0.29) is 5.95 Å². The van der Waals surface area contributed by atoms with Gasteiger partial charge in [-0.3, -0.25) is 0 Å². The number of benzene rings is 2. The Kier molecular flexibility index (Phi) is 4.09. The van der Waals surface area contributed by atoms with Crippen molar-refractivity contribution in [3.63, 3.8) is 0 Å². The molecule has 0 aliphatic carbocycles. The zero-order valence-corrected chi connectivity index (χ0v) is 12.8. The van der Waals surface area contributed by atoms with Crippen LogP contribution in [0.15, 0.2) is 48.5 Å². The van der Waals surface area contributed by atoms with Crippen LogP contribution in [0.1, 0.15) is 0 Å². The summed E-state index contributed by atoms with van der Waals surface area (Å²) >= 11 is 12.0. The van der Waals surface area contributed by atoms with Crippen LogP contribution < -0.4 is 11.1 Å². The number of aromatic nitrogens is 3. The van der Waals surface area contributed by atoms with E-state index in [0.717, 1.165) is 5.56 Å². The first-order chi connectivity index (χ1) is 10.6. The van der Waals surface area contributed by atoms with E-state index in [9.17, 15) is 0 Å². The number of anilines is 3. The summed E-state index contributed by atoms with van der Waals surface area (Å²) in [7, 11) is 0. The predicted molar refractivity (Wildman–Crippen MR) is 89.4 cm³/mol. The summed E-state index contributed by atoms with van der Waals surface area (Å²) in [5.74, 6) is 0.928. The minimum absolute atomic E-state index is 0.126. The number of hydrogen-bond acceptors (Lipinski definition) is 5. The Balaban J connectivity index is 1.96. The molecule has 0 fully saturated rings. The Morgan fingerprint density at radius 1 is 0.909 bits per heavy atom. The van der Waals surface area contributed by atoms with Crippen LogP contribution in [0.3, 0.4) is 0 Å². The number of rotatable bonds is 3. The summed E-state index contributed by atoms with van der Waals surface area (Å²) in [4.78, 5) is 12.6. The van der Waals surface area contributed by atoms with E-state index in [1.807, 2.05) is 30.3 Å². The maximum Gasteiger partial charge on any atom is 0.232 e. The van der Waals surface area contributed by atoms with Crippen LogP contribution in [0, 0.1) is 0 Å². The van der Waals surface area contributed by atoms with Crippen LogP contribution in [-0.2, 0) is 0 Å². The zero-order valence-electron chi connectivity index (χ0n) is 11.3. The van der Waals surface area contributed by atoms with E-state index in [1.165, 1.54) is 0 Å². The van der Waals surface area contributed by atoms with Crippen molar-refractivity contribution in [1.29, 1.82) is 0 Å². The van der Waals surface area contributed by atoms with E-state index >= 15 is 0 Å².